The van der Waals surface area contributed by atoms with Crippen LogP contribution in [0.4, 0.5) is 0 Å². The standard InChI is InChI=1S/C19H29ClN4O2.HI/c1-4-15(26-17-9-7-6-8-16(17)20)12-22-19(21-3)23-14-10-11-24(13-14)18(25)5-2;/h6-9,14-15H,4-5,10-13H2,1-3H3,(H2,21,22,23);1H. The zero-order valence-corrected chi connectivity index (χ0v) is 19.3. The van der Waals surface area contributed by atoms with Crippen LogP contribution >= 0.6 is 35.6 Å². The predicted octanol–water partition coefficient (Wildman–Crippen LogP) is 3.29. The van der Waals surface area contributed by atoms with Crippen LogP contribution in [0.2, 0.25) is 5.02 Å². The van der Waals surface area contributed by atoms with Crippen LogP contribution in [-0.4, -0.2) is 55.6 Å². The summed E-state index contributed by atoms with van der Waals surface area (Å²) in [5.41, 5.74) is 0. The fourth-order valence-corrected chi connectivity index (χ4v) is 3.10. The first-order valence-corrected chi connectivity index (χ1v) is 9.61. The summed E-state index contributed by atoms with van der Waals surface area (Å²) in [7, 11) is 1.75. The fraction of sp³-hybridized carbons (Fsp3) is 0.579. The Bertz CT molecular complexity index is 629. The summed E-state index contributed by atoms with van der Waals surface area (Å²) in [6, 6.07) is 7.71. The number of para-hydroxylation sites is 1. The Hall–Kier alpha value is -1.22. The van der Waals surface area contributed by atoms with Crippen molar-refractivity contribution in [3.8, 4) is 5.75 Å². The second kappa shape index (κ2) is 12.3. The molecule has 27 heavy (non-hydrogen) atoms. The number of nitrogens with zero attached hydrogens (tertiary/aromatic N) is 2. The van der Waals surface area contributed by atoms with Crippen molar-refractivity contribution in [1.82, 2.24) is 15.5 Å². The van der Waals surface area contributed by atoms with Crippen LogP contribution < -0.4 is 15.4 Å². The average molecular weight is 509 g/mol. The van der Waals surface area contributed by atoms with Crippen LogP contribution in [0.15, 0.2) is 29.3 Å². The lowest BCUT2D eigenvalue weighted by atomic mass is 10.2. The normalized spacial score (nSPS) is 17.9. The van der Waals surface area contributed by atoms with Gasteiger partial charge < -0.3 is 20.3 Å². The van der Waals surface area contributed by atoms with Crippen molar-refractivity contribution < 1.29 is 9.53 Å². The Balaban J connectivity index is 0.00000364. The molecular formula is C19H30ClIN4O2. The number of guanidine groups is 1. The Morgan fingerprint density at radius 2 is 2.15 bits per heavy atom. The highest BCUT2D eigenvalue weighted by molar-refractivity contribution is 14.0. The molecule has 1 amide bonds. The number of aliphatic imine (C=N–C) groups is 1. The molecule has 8 heteroatoms. The van der Waals surface area contributed by atoms with E-state index in [1.165, 1.54) is 0 Å². The van der Waals surface area contributed by atoms with Gasteiger partial charge in [-0.05, 0) is 25.0 Å². The molecule has 1 aliphatic heterocycles. The fourth-order valence-electron chi connectivity index (χ4n) is 2.92. The van der Waals surface area contributed by atoms with Crippen LogP contribution in [0, 0.1) is 0 Å². The van der Waals surface area contributed by atoms with Gasteiger partial charge in [-0.1, -0.05) is 37.6 Å². The van der Waals surface area contributed by atoms with Gasteiger partial charge in [-0.25, -0.2) is 0 Å². The first-order valence-electron chi connectivity index (χ1n) is 9.23. The van der Waals surface area contributed by atoms with Crippen molar-refractivity contribution >= 4 is 47.4 Å². The van der Waals surface area contributed by atoms with Crippen molar-refractivity contribution in [3.63, 3.8) is 0 Å². The van der Waals surface area contributed by atoms with Gasteiger partial charge in [0.2, 0.25) is 5.91 Å². The smallest absolute Gasteiger partial charge is 0.222 e. The van der Waals surface area contributed by atoms with E-state index in [4.69, 9.17) is 16.3 Å². The van der Waals surface area contributed by atoms with E-state index in [0.717, 1.165) is 31.9 Å². The summed E-state index contributed by atoms with van der Waals surface area (Å²) in [5, 5.41) is 7.32. The molecule has 1 saturated heterocycles. The molecule has 0 aromatic heterocycles. The van der Waals surface area contributed by atoms with Gasteiger partial charge in [0, 0.05) is 32.6 Å². The predicted molar refractivity (Wildman–Crippen MR) is 121 cm³/mol. The maximum absolute atomic E-state index is 11.8. The molecule has 6 nitrogen and oxygen atoms in total. The van der Waals surface area contributed by atoms with Gasteiger partial charge in [0.1, 0.15) is 11.9 Å². The molecule has 1 fully saturated rings. The molecule has 2 N–H and O–H groups in total. The summed E-state index contributed by atoms with van der Waals surface area (Å²) in [6.45, 7) is 6.11. The second-order valence-corrected chi connectivity index (χ2v) is 6.76. The number of hydrogen-bond acceptors (Lipinski definition) is 3. The maximum Gasteiger partial charge on any atom is 0.222 e. The monoisotopic (exact) mass is 508 g/mol. The minimum absolute atomic E-state index is 0. The molecule has 152 valence electrons. The Labute approximate surface area is 184 Å². The zero-order chi connectivity index (χ0) is 18.9. The minimum atomic E-state index is -0.0183. The number of nitrogens with one attached hydrogen (secondary N) is 2. The van der Waals surface area contributed by atoms with E-state index in [1.807, 2.05) is 36.1 Å². The first-order chi connectivity index (χ1) is 12.6. The second-order valence-electron chi connectivity index (χ2n) is 6.35. The highest BCUT2D eigenvalue weighted by Crippen LogP contribution is 2.24. The van der Waals surface area contributed by atoms with Crippen LogP contribution in [-0.2, 0) is 4.79 Å². The topological polar surface area (TPSA) is 66.0 Å². The van der Waals surface area contributed by atoms with E-state index in [2.05, 4.69) is 22.5 Å². The lowest BCUT2D eigenvalue weighted by Gasteiger charge is -2.22. The maximum atomic E-state index is 11.8. The lowest BCUT2D eigenvalue weighted by molar-refractivity contribution is -0.129. The third-order valence-electron chi connectivity index (χ3n) is 4.49. The highest BCUT2D eigenvalue weighted by Gasteiger charge is 2.25. The van der Waals surface area contributed by atoms with Crippen LogP contribution in [0.3, 0.4) is 0 Å². The number of benzene rings is 1. The molecule has 2 unspecified atom stereocenters. The largest absolute Gasteiger partial charge is 0.487 e. The van der Waals surface area contributed by atoms with Crippen molar-refractivity contribution in [1.29, 1.82) is 0 Å². The number of ether oxygens (including phenoxy) is 1. The molecule has 2 atom stereocenters. The van der Waals surface area contributed by atoms with Gasteiger partial charge in [0.25, 0.3) is 0 Å². The van der Waals surface area contributed by atoms with E-state index >= 15 is 0 Å². The van der Waals surface area contributed by atoms with Crippen LogP contribution in [0.5, 0.6) is 5.75 Å². The van der Waals surface area contributed by atoms with Gasteiger partial charge in [-0.3, -0.25) is 9.79 Å². The third kappa shape index (κ3) is 7.37. The highest BCUT2D eigenvalue weighted by atomic mass is 127. The number of carbonyl (C=O) groups is 1. The van der Waals surface area contributed by atoms with Gasteiger partial charge in [0.05, 0.1) is 11.6 Å². The number of carbonyl (C=O) groups excluding carboxylic acids is 1. The van der Waals surface area contributed by atoms with Gasteiger partial charge in [-0.15, -0.1) is 24.0 Å². The molecule has 0 spiro atoms. The first kappa shape index (κ1) is 23.8. The summed E-state index contributed by atoms with van der Waals surface area (Å²) >= 11 is 6.17. The molecule has 1 aromatic carbocycles. The molecule has 1 heterocycles. The third-order valence-corrected chi connectivity index (χ3v) is 4.80. The lowest BCUT2D eigenvalue weighted by Crippen LogP contribution is -2.47. The van der Waals surface area contributed by atoms with Gasteiger partial charge in [0.15, 0.2) is 5.96 Å². The van der Waals surface area contributed by atoms with E-state index in [1.54, 1.807) is 7.05 Å². The number of likely N-dealkylation sites (tertiary alicyclic amines) is 1. The Morgan fingerprint density at radius 3 is 2.78 bits per heavy atom. The van der Waals surface area contributed by atoms with Crippen molar-refractivity contribution in [2.24, 2.45) is 4.99 Å². The molecule has 1 aliphatic rings. The number of hydrogen-bond donors (Lipinski definition) is 2. The minimum Gasteiger partial charge on any atom is -0.487 e. The quantitative estimate of drug-likeness (QED) is 0.337. The average Bonchev–Trinajstić information content (AvgIpc) is 3.13. The number of halogens is 2. The SMILES string of the molecule is CCC(=O)N1CCC(NC(=NC)NCC(CC)Oc2ccccc2Cl)C1.I. The summed E-state index contributed by atoms with van der Waals surface area (Å²) in [4.78, 5) is 18.0. The Kier molecular flexibility index (Phi) is 10.8. The van der Waals surface area contributed by atoms with Gasteiger partial charge >= 0.3 is 0 Å². The molecule has 0 bridgehead atoms. The number of amides is 1. The molecule has 0 radical (unpaired) electrons. The van der Waals surface area contributed by atoms with Crippen molar-refractivity contribution in [3.05, 3.63) is 29.3 Å². The van der Waals surface area contributed by atoms with E-state index < -0.39 is 0 Å². The summed E-state index contributed by atoms with van der Waals surface area (Å²) in [5.74, 6) is 1.62. The summed E-state index contributed by atoms with van der Waals surface area (Å²) < 4.78 is 5.99. The molecule has 0 aliphatic carbocycles. The van der Waals surface area contributed by atoms with Crippen LogP contribution in [0.25, 0.3) is 0 Å². The molecule has 2 rings (SSSR count). The van der Waals surface area contributed by atoms with Crippen LogP contribution in [0.1, 0.15) is 33.1 Å². The van der Waals surface area contributed by atoms with Crippen molar-refractivity contribution in [2.45, 2.75) is 45.3 Å². The van der Waals surface area contributed by atoms with E-state index in [-0.39, 0.29) is 42.0 Å². The zero-order valence-electron chi connectivity index (χ0n) is 16.2. The van der Waals surface area contributed by atoms with Gasteiger partial charge in [-0.2, -0.15) is 0 Å². The van der Waals surface area contributed by atoms with E-state index in [0.29, 0.717) is 23.7 Å². The van der Waals surface area contributed by atoms with Crippen molar-refractivity contribution in [2.75, 3.05) is 26.7 Å². The molecular weight excluding hydrogens is 479 g/mol. The molecule has 0 saturated carbocycles. The molecule has 1 aromatic rings. The Morgan fingerprint density at radius 1 is 1.41 bits per heavy atom. The number of rotatable bonds is 7. The summed E-state index contributed by atoms with van der Waals surface area (Å²) in [6.07, 6.45) is 2.31. The van der Waals surface area contributed by atoms with E-state index in [9.17, 15) is 4.79 Å².